The minimum Gasteiger partial charge on any atom is -0.778 e. The molecule has 2 N–H and O–H groups in total. The molecule has 30 heteroatoms. The Morgan fingerprint density at radius 2 is 0.264 bits per heavy atom. The summed E-state index contributed by atoms with van der Waals surface area (Å²) in [5.74, 6) is 0. The zero-order valence-electron chi connectivity index (χ0n) is 74.8. The molecule has 0 unspecified atom stereocenters. The summed E-state index contributed by atoms with van der Waals surface area (Å²) in [5, 5.41) is 35.7. The van der Waals surface area contributed by atoms with Crippen molar-refractivity contribution in [2.75, 3.05) is 14.2 Å². The molecule has 0 aliphatic heterocycles. The Hall–Kier alpha value is -8.31. The molecule has 0 aliphatic carbocycles. The van der Waals surface area contributed by atoms with E-state index in [1.54, 1.807) is 24.8 Å². The average Bonchev–Trinajstić information content (AvgIpc) is 0.823. The summed E-state index contributed by atoms with van der Waals surface area (Å²) < 4.78 is 78.0. The quantitative estimate of drug-likeness (QED) is 0.0533. The Labute approximate surface area is 936 Å². The molecule has 6 nitrogen and oxygen atoms in total. The van der Waals surface area contributed by atoms with Crippen LogP contribution in [0.3, 0.4) is 0 Å². The van der Waals surface area contributed by atoms with Gasteiger partial charge in [0.25, 0.3) is 0 Å². The minimum absolute atomic E-state index is 0. The number of halogens is 8. The van der Waals surface area contributed by atoms with Gasteiger partial charge in [-0.3, -0.25) is 19.9 Å². The van der Waals surface area contributed by atoms with E-state index in [2.05, 4.69) is 384 Å². The first-order valence-electron chi connectivity index (χ1n) is 42.1. The van der Waals surface area contributed by atoms with Crippen LogP contribution in [-0.4, -0.2) is 58.9 Å². The van der Waals surface area contributed by atoms with Crippen LogP contribution in [0.5, 0.6) is 0 Å². The molecule has 0 spiro atoms. The Kier molecular flexibility index (Phi) is 64.0. The standard InChI is InChI=1S/4C18H15P.4C9H7NS.2CH4O.6Au.2BF4/c4*1-4-10-16(11-5-1)19(17-12-6-2-7-13-17)18-14-8-3-9-15-18;4*11-8-5-1-3-7-4-2-6-10-9(7)8;2*1-2;;;;;;;2*2-1(3,4)5/h4*1-15H;4*1-6,11H;2*2H,1H3;;;;;;;;/q;;;;;;;;;;6*+1;2*-1. The number of fused-ring (bicyclic) bond motifs is 4. The topological polar surface area (TPSA) is 92.0 Å². The Balaban J connectivity index is 0.000000405. The third-order valence-electron chi connectivity index (χ3n) is 19.1. The third kappa shape index (κ3) is 44.5. The molecule has 0 radical (unpaired) electrons. The molecule has 16 aromatic carbocycles. The van der Waals surface area contributed by atoms with E-state index in [0.717, 1.165) is 77.4 Å². The predicted molar refractivity (Wildman–Crippen MR) is 572 cm³/mol. The molecule has 0 fully saturated rings. The van der Waals surface area contributed by atoms with Gasteiger partial charge in [0.1, 0.15) is 63.7 Å². The fourth-order valence-corrected chi connectivity index (χ4v) is 24.9. The summed E-state index contributed by atoms with van der Waals surface area (Å²) in [4.78, 5) is 20.0. The second-order valence-corrected chi connectivity index (χ2v) is 39.9. The molecule has 4 aromatic heterocycles. The first-order valence-corrected chi connectivity index (χ1v) is 49.7. The number of nitrogens with zero attached hydrogens (tertiary/aromatic N) is 4. The number of para-hydroxylation sites is 4. The maximum Gasteiger partial charge on any atom is 1.00 e. The van der Waals surface area contributed by atoms with Crippen molar-refractivity contribution in [1.29, 1.82) is 0 Å². The van der Waals surface area contributed by atoms with Gasteiger partial charge in [0, 0.05) is 39.0 Å². The first kappa shape index (κ1) is 126. The fraction of sp³-hybridized carbons (Fsp3) is 0.0182. The van der Waals surface area contributed by atoms with E-state index in [1.807, 2.05) is 121 Å². The van der Waals surface area contributed by atoms with E-state index in [1.165, 1.54) is 63.7 Å². The molecular weight excluding hydrogens is 3020 g/mol. The third-order valence-corrected chi connectivity index (χ3v) is 31.4. The van der Waals surface area contributed by atoms with Crippen LogP contribution in [0, 0.1) is 0 Å². The normalized spacial score (nSPS) is 9.89. The van der Waals surface area contributed by atoms with Gasteiger partial charge in [-0.25, -0.2) is 0 Å². The summed E-state index contributed by atoms with van der Waals surface area (Å²) in [5.41, 5.74) is 3.69. The number of aromatic nitrogens is 4. The smallest absolute Gasteiger partial charge is 0.778 e. The zero-order valence-corrected chi connectivity index (χ0v) is 95.1. The number of hydrogen-bond donors (Lipinski definition) is 2. The number of hydrogen-bond acceptors (Lipinski definition) is 10. The summed E-state index contributed by atoms with van der Waals surface area (Å²) in [6, 6.07) is 169. The number of aliphatic hydroxyl groups excluding tert-OH is 2. The molecular formula is C110H96Au6B2F8N4O2P4S4+4. The van der Waals surface area contributed by atoms with E-state index in [-0.39, 0.29) is 134 Å². The van der Waals surface area contributed by atoms with Crippen molar-refractivity contribution in [3.63, 3.8) is 0 Å². The van der Waals surface area contributed by atoms with Gasteiger partial charge >= 0.3 is 149 Å². The number of pyridine rings is 4. The zero-order chi connectivity index (χ0) is 95.4. The summed E-state index contributed by atoms with van der Waals surface area (Å²) in [6.07, 6.45) is 7.05. The average molecular weight is 3110 g/mol. The minimum atomic E-state index is -6.00. The molecule has 20 aromatic rings. The van der Waals surface area contributed by atoms with Crippen molar-refractivity contribution in [2.24, 2.45) is 0 Å². The van der Waals surface area contributed by atoms with Crippen LogP contribution >= 0.6 is 31.7 Å². The Bertz CT molecular complexity index is 5470. The monoisotopic (exact) mass is 3110 g/mol. The van der Waals surface area contributed by atoms with Gasteiger partial charge in [-0.1, -0.05) is 315 Å². The van der Waals surface area contributed by atoms with Gasteiger partial charge in [-0.2, -0.15) is 0 Å². The van der Waals surface area contributed by atoms with Crippen LogP contribution in [0.15, 0.2) is 530 Å². The Morgan fingerprint density at radius 1 is 0.164 bits per heavy atom. The van der Waals surface area contributed by atoms with Crippen LogP contribution in [-0.2, 0) is 185 Å². The van der Waals surface area contributed by atoms with E-state index >= 15 is 0 Å². The van der Waals surface area contributed by atoms with E-state index in [9.17, 15) is 34.5 Å². The molecule has 20 rings (SSSR count). The van der Waals surface area contributed by atoms with Gasteiger partial charge in [-0.05, 0) is 191 Å². The van der Waals surface area contributed by atoms with Crippen molar-refractivity contribution in [1.82, 2.24) is 19.9 Å². The molecule has 0 bridgehead atoms. The molecule has 736 valence electrons. The van der Waals surface area contributed by atoms with Crippen LogP contribution in [0.4, 0.5) is 34.5 Å². The largest absolute Gasteiger partial charge is 1.00 e. The van der Waals surface area contributed by atoms with Crippen molar-refractivity contribution in [2.45, 2.75) is 19.6 Å². The van der Waals surface area contributed by atoms with Crippen LogP contribution in [0.25, 0.3) is 43.6 Å². The molecule has 0 saturated heterocycles. The number of rotatable bonds is 12. The van der Waals surface area contributed by atoms with Gasteiger partial charge in [0.05, 0.1) is 53.8 Å². The summed E-state index contributed by atoms with van der Waals surface area (Å²) in [7, 11) is -13.5. The Morgan fingerprint density at radius 3 is 0.364 bits per heavy atom. The van der Waals surface area contributed by atoms with Gasteiger partial charge in [0.2, 0.25) is 0 Å². The molecule has 0 saturated carbocycles. The molecule has 140 heavy (non-hydrogen) atoms. The SMILES string of the molecule is CO.CO.F[B-](F)(F)F.F[B-](F)(F)F.[Au+].[Au+].[Au+].[Au+].[Au+].[Au+].[S-]c1cccc2cccnc12.[S-]c1cccc2cccnc12.[S-]c1cccc2cccnc12.[S-]c1cccc2cccnc12.c1ccc([PH+](c2ccccc2)c2ccccc2)cc1.c1ccc([PH+](c2ccccc2)c2ccccc2)cc1.c1ccc([PH+](c2ccccc2)c2ccccc2)cc1.c1ccc([PH+](c2ccccc2)c2ccccc2)cc1. The van der Waals surface area contributed by atoms with Crippen molar-refractivity contribution in [3.05, 3.63) is 510 Å². The van der Waals surface area contributed by atoms with E-state index < -0.39 is 46.2 Å². The summed E-state index contributed by atoms with van der Waals surface area (Å²) >= 11 is 20.4. The van der Waals surface area contributed by atoms with E-state index in [4.69, 9.17) is 60.7 Å². The van der Waals surface area contributed by atoms with Gasteiger partial charge < -0.3 is 95.3 Å². The number of aliphatic hydroxyl groups is 2. The number of benzene rings is 16. The molecule has 0 amide bonds. The second-order valence-electron chi connectivity index (χ2n) is 28.2. The predicted octanol–water partition coefficient (Wildman–Crippen LogP) is 23.1. The first-order chi connectivity index (χ1) is 65.3. The van der Waals surface area contributed by atoms with E-state index in [0.29, 0.717) is 0 Å². The van der Waals surface area contributed by atoms with Gasteiger partial charge in [-0.15, -0.1) is 19.6 Å². The molecule has 0 aliphatic rings. The fourth-order valence-electron chi connectivity index (χ4n) is 13.6. The van der Waals surface area contributed by atoms with Crippen molar-refractivity contribution < 1.29 is 179 Å². The van der Waals surface area contributed by atoms with Crippen LogP contribution in [0.1, 0.15) is 0 Å². The molecule has 4 heterocycles. The maximum absolute atomic E-state index is 9.75. The maximum atomic E-state index is 9.75. The molecule has 0 atom stereocenters. The second kappa shape index (κ2) is 71.2. The van der Waals surface area contributed by atoms with Gasteiger partial charge in [0.15, 0.2) is 0 Å². The van der Waals surface area contributed by atoms with Crippen LogP contribution < -0.4 is 63.7 Å². The van der Waals surface area contributed by atoms with Crippen LogP contribution in [0.2, 0.25) is 0 Å². The summed E-state index contributed by atoms with van der Waals surface area (Å²) in [6.45, 7) is 0. The van der Waals surface area contributed by atoms with Crippen molar-refractivity contribution in [3.8, 4) is 0 Å². The van der Waals surface area contributed by atoms with Crippen molar-refractivity contribution >= 4 is 204 Å².